The zero-order valence-electron chi connectivity index (χ0n) is 7.94. The van der Waals surface area contributed by atoms with Gasteiger partial charge in [0, 0.05) is 0 Å². The van der Waals surface area contributed by atoms with E-state index >= 15 is 0 Å². The molecule has 0 atom stereocenters. The third-order valence-electron chi connectivity index (χ3n) is 1.37. The Morgan fingerprint density at radius 1 is 1.08 bits per heavy atom. The van der Waals surface area contributed by atoms with E-state index in [0.29, 0.717) is 0 Å². The molecule has 0 aliphatic rings. The first-order valence-corrected chi connectivity index (χ1v) is 3.14. The lowest BCUT2D eigenvalue weighted by Gasteiger charge is -1.98. The fraction of sp³-hybridized carbons (Fsp3) is 0. The normalized spacial score (nSPS) is 11.0. The van der Waals surface area contributed by atoms with Crippen LogP contribution in [0.15, 0.2) is 24.3 Å². The van der Waals surface area contributed by atoms with Gasteiger partial charge in [-0.3, -0.25) is 0 Å². The highest BCUT2D eigenvalue weighted by Gasteiger charge is 2.13. The summed E-state index contributed by atoms with van der Waals surface area (Å²) in [5.74, 6) is -1.93. The van der Waals surface area contributed by atoms with Gasteiger partial charge < -0.3 is 10.2 Å². The molecule has 2 N–H and O–H groups in total. The monoisotopic (exact) mass is 168 g/mol. The van der Waals surface area contributed by atoms with Gasteiger partial charge in [-0.25, -0.2) is 9.59 Å². The third-order valence-corrected chi connectivity index (χ3v) is 1.37. The number of hydrogen-bond donors (Lipinski definition) is 2. The average Bonchev–Trinajstić information content (AvgIpc) is 2.27. The molecule has 0 aromatic heterocycles. The molecule has 1 rings (SSSR count). The van der Waals surface area contributed by atoms with Gasteiger partial charge in [0.25, 0.3) is 2.86 Å². The average molecular weight is 168 g/mol. The molecule has 12 heavy (non-hydrogen) atoms. The lowest BCUT2D eigenvalue weighted by atomic mass is 10.1. The Balaban J connectivity index is 3.15. The largest absolute Gasteiger partial charge is 0.478 e. The number of benzene rings is 1. The summed E-state index contributed by atoms with van der Waals surface area (Å²) in [4.78, 5) is 22.0. The first-order valence-electron chi connectivity index (χ1n) is 3.96. The van der Waals surface area contributed by atoms with E-state index < -0.39 is 11.9 Å². The summed E-state index contributed by atoms with van der Waals surface area (Å²) in [5.41, 5.74) is -0.195. The molecule has 0 aliphatic carbocycles. The van der Waals surface area contributed by atoms with Gasteiger partial charge in [0.2, 0.25) is 0 Å². The summed E-state index contributed by atoms with van der Waals surface area (Å²) in [6, 6.07) is 5.63. The van der Waals surface area contributed by atoms with Crippen molar-refractivity contribution in [2.75, 3.05) is 0 Å². The minimum atomic E-state index is -0.967. The Bertz CT molecular complexity index is 329. The summed E-state index contributed by atoms with van der Waals surface area (Å²) in [6.07, 6.45) is 0. The van der Waals surface area contributed by atoms with Crippen LogP contribution < -0.4 is 0 Å². The Kier molecular flexibility index (Phi) is 1.46. The first kappa shape index (κ1) is 5.77. The Labute approximate surface area is 71.1 Å². The van der Waals surface area contributed by atoms with Gasteiger partial charge in [0.05, 0.1) is 11.1 Å². The van der Waals surface area contributed by atoms with Crippen LogP contribution in [0, 0.1) is 0 Å². The van der Waals surface area contributed by atoms with Crippen LogP contribution in [0.3, 0.4) is 0 Å². The SMILES string of the molecule is [2H]OC(=O)c1ccccc1C(=O)O[2H]. The van der Waals surface area contributed by atoms with Gasteiger partial charge >= 0.3 is 11.9 Å². The smallest absolute Gasteiger partial charge is 0.336 e. The molecule has 1 aromatic rings. The Morgan fingerprint density at radius 2 is 1.50 bits per heavy atom. The quantitative estimate of drug-likeness (QED) is 0.692. The molecule has 0 spiro atoms. The highest BCUT2D eigenvalue weighted by molar-refractivity contribution is 6.01. The van der Waals surface area contributed by atoms with E-state index in [0.717, 1.165) is 0 Å². The molecule has 4 nitrogen and oxygen atoms in total. The molecular weight excluding hydrogens is 160 g/mol. The van der Waals surface area contributed by atoms with Crippen molar-refractivity contribution in [2.45, 2.75) is 0 Å². The van der Waals surface area contributed by atoms with E-state index in [2.05, 4.69) is 10.2 Å². The molecule has 0 fully saturated rings. The third kappa shape index (κ3) is 1.42. The molecule has 62 valence electrons. The van der Waals surface area contributed by atoms with Gasteiger partial charge in [0.1, 0.15) is 0 Å². The number of carboxylic acid groups (broad SMARTS) is 2. The van der Waals surface area contributed by atoms with Crippen LogP contribution in [0.4, 0.5) is 0 Å². The van der Waals surface area contributed by atoms with E-state index in [1.807, 2.05) is 0 Å². The number of hydrogen-bond acceptors (Lipinski definition) is 4. The minimum absolute atomic E-state index is 0.0975. The predicted octanol–water partition coefficient (Wildman–Crippen LogP) is 1.08. The number of aromatic carboxylic acids is 2. The second-order valence-electron chi connectivity index (χ2n) is 2.12. The Morgan fingerprint density at radius 3 is 1.83 bits per heavy atom. The number of rotatable bonds is 2. The first-order chi connectivity index (χ1) is 6.70. The summed E-state index contributed by atoms with van der Waals surface area (Å²) in [5, 5.41) is 7.43. The van der Waals surface area contributed by atoms with E-state index in [9.17, 15) is 9.59 Å². The van der Waals surface area contributed by atoms with Crippen molar-refractivity contribution in [3.8, 4) is 0 Å². The van der Waals surface area contributed by atoms with Crippen molar-refractivity contribution >= 4 is 11.9 Å². The number of carboxylic acids is 2. The molecule has 0 saturated heterocycles. The molecule has 0 amide bonds. The topological polar surface area (TPSA) is 74.6 Å². The van der Waals surface area contributed by atoms with Crippen molar-refractivity contribution < 1.29 is 19.8 Å². The second-order valence-corrected chi connectivity index (χ2v) is 2.12. The second kappa shape index (κ2) is 3.04. The van der Waals surface area contributed by atoms with Gasteiger partial charge in [-0.15, -0.1) is 0 Å². The van der Waals surface area contributed by atoms with Crippen molar-refractivity contribution in [2.24, 2.45) is 0 Å². The Hall–Kier alpha value is -1.84. The standard InChI is InChI=1S/C8H6O4/c9-7(10)5-3-1-2-4-6(5)8(11)12/h1-4H,(H,9,10)(H,11,12)/i/hD2. The van der Waals surface area contributed by atoms with Gasteiger partial charge in [0.15, 0.2) is 0 Å². The van der Waals surface area contributed by atoms with Crippen molar-refractivity contribution in [1.29, 1.82) is 2.86 Å². The summed E-state index contributed by atoms with van der Waals surface area (Å²) in [7, 11) is 0. The summed E-state index contributed by atoms with van der Waals surface area (Å²) >= 11 is 0. The molecule has 0 unspecified atom stereocenters. The van der Waals surface area contributed by atoms with Gasteiger partial charge in [-0.2, -0.15) is 0 Å². The van der Waals surface area contributed by atoms with Crippen LogP contribution in [-0.4, -0.2) is 22.2 Å². The fourth-order valence-electron chi connectivity index (χ4n) is 0.839. The van der Waals surface area contributed by atoms with E-state index in [1.165, 1.54) is 24.3 Å². The molecule has 4 heteroatoms. The molecule has 0 radical (unpaired) electrons. The lowest BCUT2D eigenvalue weighted by molar-refractivity contribution is 0.0651. The van der Waals surface area contributed by atoms with Crippen LogP contribution in [-0.2, 0) is 0 Å². The summed E-state index contributed by atoms with van der Waals surface area (Å²) < 4.78 is 12.8. The van der Waals surface area contributed by atoms with Gasteiger partial charge in [-0.1, -0.05) is 12.1 Å². The van der Waals surface area contributed by atoms with Gasteiger partial charge in [-0.05, 0) is 12.1 Å². The fourth-order valence-corrected chi connectivity index (χ4v) is 0.839. The molecule has 0 heterocycles. The number of carbonyl (C=O) groups is 2. The minimum Gasteiger partial charge on any atom is -0.478 e. The zero-order valence-corrected chi connectivity index (χ0v) is 5.94. The zero-order chi connectivity index (χ0) is 10.6. The lowest BCUT2D eigenvalue weighted by Crippen LogP contribution is -2.06. The predicted molar refractivity (Wildman–Crippen MR) is 40.4 cm³/mol. The molecule has 0 bridgehead atoms. The van der Waals surface area contributed by atoms with E-state index in [-0.39, 0.29) is 11.1 Å². The van der Waals surface area contributed by atoms with Crippen molar-refractivity contribution in [1.82, 2.24) is 0 Å². The van der Waals surface area contributed by atoms with Crippen molar-refractivity contribution in [3.63, 3.8) is 0 Å². The van der Waals surface area contributed by atoms with Crippen molar-refractivity contribution in [3.05, 3.63) is 35.4 Å². The maximum Gasteiger partial charge on any atom is 0.336 e. The van der Waals surface area contributed by atoms with Crippen LogP contribution in [0.2, 0.25) is 0 Å². The van der Waals surface area contributed by atoms with Crippen LogP contribution in [0.25, 0.3) is 2.86 Å². The maximum atomic E-state index is 11.0. The highest BCUT2D eigenvalue weighted by atomic mass is 16.4. The highest BCUT2D eigenvalue weighted by Crippen LogP contribution is 2.07. The van der Waals surface area contributed by atoms with E-state index in [4.69, 9.17) is 2.86 Å². The maximum absolute atomic E-state index is 11.0. The van der Waals surface area contributed by atoms with Crippen LogP contribution >= 0.6 is 0 Å². The molecule has 0 saturated carbocycles. The van der Waals surface area contributed by atoms with E-state index in [1.54, 1.807) is 0 Å². The molecular formula is C8H6O4. The molecule has 1 aromatic carbocycles. The molecule has 0 aliphatic heterocycles. The van der Waals surface area contributed by atoms with Crippen LogP contribution in [0.5, 0.6) is 0 Å². The summed E-state index contributed by atoms with van der Waals surface area (Å²) in [6.45, 7) is 0. The van der Waals surface area contributed by atoms with Crippen LogP contribution in [0.1, 0.15) is 20.7 Å².